The Kier molecular flexibility index (Phi) is 8.63. The van der Waals surface area contributed by atoms with Gasteiger partial charge in [-0.1, -0.05) is 52.6 Å². The molecule has 5 nitrogen and oxygen atoms in total. The number of hydrogen-bond acceptors (Lipinski definition) is 6. The van der Waals surface area contributed by atoms with Gasteiger partial charge in [-0.2, -0.15) is 13.2 Å². The predicted octanol–water partition coefficient (Wildman–Crippen LogP) is 8.57. The van der Waals surface area contributed by atoms with E-state index in [1.54, 1.807) is 25.1 Å². The van der Waals surface area contributed by atoms with Crippen molar-refractivity contribution in [3.8, 4) is 5.75 Å². The van der Waals surface area contributed by atoms with Gasteiger partial charge in [-0.3, -0.25) is 4.72 Å². The minimum Gasteiger partial charge on any atom is -0.485 e. The monoisotopic (exact) mass is 694 g/mol. The molecule has 2 heterocycles. The standard InChI is InChI=1S/C22H17BrCl3F3N2O3S3/c1-21(7-8-30-10-21)34-14-9-11(5-6-12(14)22(27,28)29)31-37(32,33)18-16(23)20(36-19(18)26)35-15-4-2-3-13(24)17(15)25/h2-6,9,30-31H,7-8,10H2,1H3/t21-/m1/s1. The van der Waals surface area contributed by atoms with E-state index < -0.39 is 33.1 Å². The average Bonchev–Trinajstić information content (AvgIpc) is 3.33. The second kappa shape index (κ2) is 11.0. The second-order valence-electron chi connectivity index (χ2n) is 8.25. The summed E-state index contributed by atoms with van der Waals surface area (Å²) in [6.45, 7) is 2.64. The fraction of sp³-hybridized carbons (Fsp3) is 0.273. The molecule has 0 spiro atoms. The molecule has 1 saturated heterocycles. The third-order valence-electron chi connectivity index (χ3n) is 5.35. The summed E-state index contributed by atoms with van der Waals surface area (Å²) in [5.74, 6) is -0.471. The van der Waals surface area contributed by atoms with Crippen molar-refractivity contribution in [1.29, 1.82) is 0 Å². The lowest BCUT2D eigenvalue weighted by molar-refractivity contribution is -0.139. The Balaban J connectivity index is 1.66. The van der Waals surface area contributed by atoms with Crippen LogP contribution in [0.2, 0.25) is 14.4 Å². The Morgan fingerprint density at radius 3 is 2.59 bits per heavy atom. The number of hydrogen-bond donors (Lipinski definition) is 2. The number of anilines is 1. The summed E-state index contributed by atoms with van der Waals surface area (Å²) in [5, 5.41) is 3.69. The lowest BCUT2D eigenvalue weighted by Gasteiger charge is -2.27. The van der Waals surface area contributed by atoms with Crippen molar-refractivity contribution < 1.29 is 26.3 Å². The highest BCUT2D eigenvalue weighted by Crippen LogP contribution is 2.49. The molecule has 3 aromatic rings. The Bertz CT molecular complexity index is 1450. The van der Waals surface area contributed by atoms with Crippen molar-refractivity contribution in [2.45, 2.75) is 39.1 Å². The second-order valence-corrected chi connectivity index (χ2v) is 14.4. The van der Waals surface area contributed by atoms with Crippen molar-refractivity contribution in [2.75, 3.05) is 17.8 Å². The van der Waals surface area contributed by atoms with Gasteiger partial charge in [0.25, 0.3) is 10.0 Å². The highest BCUT2D eigenvalue weighted by atomic mass is 79.9. The number of benzene rings is 2. The molecule has 15 heteroatoms. The third-order valence-corrected chi connectivity index (χ3v) is 12.2. The van der Waals surface area contributed by atoms with Gasteiger partial charge in [0.2, 0.25) is 0 Å². The van der Waals surface area contributed by atoms with E-state index in [2.05, 4.69) is 26.0 Å². The molecule has 37 heavy (non-hydrogen) atoms. The summed E-state index contributed by atoms with van der Waals surface area (Å²) >= 11 is 24.1. The SMILES string of the molecule is C[C@@]1(Oc2cc(NS(=O)(=O)c3c(Cl)sc(Sc4cccc(Cl)c4Cl)c3Br)ccc2C(F)(F)F)CCNC1. The smallest absolute Gasteiger partial charge is 0.419 e. The number of halogens is 7. The van der Waals surface area contributed by atoms with Gasteiger partial charge in [-0.15, -0.1) is 11.3 Å². The van der Waals surface area contributed by atoms with Crippen LogP contribution in [0.5, 0.6) is 5.75 Å². The van der Waals surface area contributed by atoms with E-state index in [-0.39, 0.29) is 19.4 Å². The molecule has 200 valence electrons. The largest absolute Gasteiger partial charge is 0.485 e. The summed E-state index contributed by atoms with van der Waals surface area (Å²) < 4.78 is 76.2. The zero-order valence-corrected chi connectivity index (χ0v) is 25.0. The van der Waals surface area contributed by atoms with Gasteiger partial charge in [0.15, 0.2) is 0 Å². The molecule has 1 atom stereocenters. The zero-order valence-electron chi connectivity index (χ0n) is 18.7. The molecule has 0 amide bonds. The molecular formula is C22H17BrCl3F3N2O3S3. The molecule has 0 unspecified atom stereocenters. The predicted molar refractivity (Wildman–Crippen MR) is 146 cm³/mol. The van der Waals surface area contributed by atoms with E-state index in [1.807, 2.05) is 0 Å². The van der Waals surface area contributed by atoms with E-state index in [9.17, 15) is 21.6 Å². The number of ether oxygens (including phenoxy) is 1. The molecule has 4 rings (SSSR count). The van der Waals surface area contributed by atoms with Crippen LogP contribution in [0.15, 0.2) is 54.9 Å². The zero-order chi connectivity index (χ0) is 27.2. The van der Waals surface area contributed by atoms with Crippen LogP contribution in [0.25, 0.3) is 0 Å². The Labute approximate surface area is 243 Å². The van der Waals surface area contributed by atoms with E-state index in [0.29, 0.717) is 38.7 Å². The van der Waals surface area contributed by atoms with Crippen LogP contribution in [-0.4, -0.2) is 27.1 Å². The fourth-order valence-electron chi connectivity index (χ4n) is 3.56. The fourth-order valence-corrected chi connectivity index (χ4v) is 10.0. The minimum atomic E-state index is -4.69. The van der Waals surface area contributed by atoms with Crippen LogP contribution < -0.4 is 14.8 Å². The van der Waals surface area contributed by atoms with Crippen LogP contribution in [-0.2, 0) is 16.2 Å². The Hall–Kier alpha value is -0.860. The summed E-state index contributed by atoms with van der Waals surface area (Å²) in [6, 6.07) is 7.87. The number of nitrogens with one attached hydrogen (secondary N) is 2. The third kappa shape index (κ3) is 6.49. The van der Waals surface area contributed by atoms with Crippen LogP contribution >= 0.6 is 73.8 Å². The summed E-state index contributed by atoms with van der Waals surface area (Å²) in [5.41, 5.74) is -1.99. The van der Waals surface area contributed by atoms with E-state index in [0.717, 1.165) is 41.3 Å². The quantitative estimate of drug-likeness (QED) is 0.259. The van der Waals surface area contributed by atoms with E-state index >= 15 is 0 Å². The highest BCUT2D eigenvalue weighted by Gasteiger charge is 2.38. The minimum absolute atomic E-state index is 0.0482. The molecule has 0 radical (unpaired) electrons. The van der Waals surface area contributed by atoms with E-state index in [1.165, 1.54) is 0 Å². The number of alkyl halides is 3. The van der Waals surface area contributed by atoms with Crippen LogP contribution in [0.1, 0.15) is 18.9 Å². The van der Waals surface area contributed by atoms with Gasteiger partial charge in [0.05, 0.1) is 30.0 Å². The van der Waals surface area contributed by atoms with Crippen molar-refractivity contribution >= 4 is 89.5 Å². The van der Waals surface area contributed by atoms with Gasteiger partial charge >= 0.3 is 6.18 Å². The van der Waals surface area contributed by atoms with Gasteiger partial charge < -0.3 is 10.1 Å². The first-order valence-electron chi connectivity index (χ1n) is 10.4. The lowest BCUT2D eigenvalue weighted by atomic mass is 10.1. The first-order chi connectivity index (χ1) is 17.2. The van der Waals surface area contributed by atoms with Gasteiger partial charge in [0.1, 0.15) is 20.6 Å². The summed E-state index contributed by atoms with van der Waals surface area (Å²) in [4.78, 5) is 0.332. The highest BCUT2D eigenvalue weighted by molar-refractivity contribution is 9.10. The van der Waals surface area contributed by atoms with Gasteiger partial charge in [0, 0.05) is 23.9 Å². The molecular weight excluding hydrogens is 680 g/mol. The number of rotatable bonds is 7. The molecule has 0 saturated carbocycles. The van der Waals surface area contributed by atoms with Crippen LogP contribution in [0, 0.1) is 0 Å². The maximum Gasteiger partial charge on any atom is 0.419 e. The maximum atomic E-state index is 13.6. The van der Waals surface area contributed by atoms with Crippen molar-refractivity contribution in [2.24, 2.45) is 0 Å². The first-order valence-corrected chi connectivity index (χ1v) is 15.5. The van der Waals surface area contributed by atoms with Crippen LogP contribution in [0.4, 0.5) is 18.9 Å². The topological polar surface area (TPSA) is 67.4 Å². The first kappa shape index (κ1) is 29.1. The van der Waals surface area contributed by atoms with E-state index in [4.69, 9.17) is 39.5 Å². The van der Waals surface area contributed by atoms with Crippen molar-refractivity contribution in [3.05, 3.63) is 60.8 Å². The van der Waals surface area contributed by atoms with Crippen LogP contribution in [0.3, 0.4) is 0 Å². The summed E-state index contributed by atoms with van der Waals surface area (Å²) in [7, 11) is -4.31. The maximum absolute atomic E-state index is 13.6. The number of thiophene rings is 1. The molecule has 1 fully saturated rings. The summed E-state index contributed by atoms with van der Waals surface area (Å²) in [6.07, 6.45) is -4.20. The number of sulfonamides is 1. The molecule has 1 aliphatic rings. The molecule has 1 aliphatic heterocycles. The van der Waals surface area contributed by atoms with Crippen molar-refractivity contribution in [3.63, 3.8) is 0 Å². The Morgan fingerprint density at radius 2 is 1.95 bits per heavy atom. The van der Waals surface area contributed by atoms with Crippen molar-refractivity contribution in [1.82, 2.24) is 5.32 Å². The van der Waals surface area contributed by atoms with Gasteiger partial charge in [-0.25, -0.2) is 8.42 Å². The average molecular weight is 697 g/mol. The molecule has 0 aliphatic carbocycles. The normalized spacial score (nSPS) is 18.3. The lowest BCUT2D eigenvalue weighted by Crippen LogP contribution is -2.35. The van der Waals surface area contributed by atoms with Gasteiger partial charge in [-0.05, 0) is 53.7 Å². The Morgan fingerprint density at radius 1 is 1.22 bits per heavy atom. The molecule has 1 aromatic heterocycles. The molecule has 0 bridgehead atoms. The molecule has 2 aromatic carbocycles. The molecule has 2 N–H and O–H groups in total.